The van der Waals surface area contributed by atoms with Crippen molar-refractivity contribution in [3.05, 3.63) is 41.9 Å². The first-order valence-corrected chi connectivity index (χ1v) is 8.10. The van der Waals surface area contributed by atoms with Crippen LogP contribution in [0.5, 0.6) is 0 Å². The van der Waals surface area contributed by atoms with Crippen molar-refractivity contribution in [2.45, 2.75) is 18.9 Å². The monoisotopic (exact) mass is 328 g/mol. The van der Waals surface area contributed by atoms with Crippen LogP contribution >= 0.6 is 11.6 Å². The number of halogens is 1. The fraction of sp³-hybridized carbons (Fsp3) is 0.312. The molecule has 3 aromatic rings. The zero-order chi connectivity index (χ0) is 15.6. The standard InChI is InChI=1S/C16H17ClN6/c17-11-3-4-15-13(7-20-23(15)10-11)14-8-19-9-16(22-14)21-12-2-1-5-18-6-12/h3-4,7-10,12,18H,1-2,5-6H2,(H,21,22)/t12-/m1/s1. The average Bonchev–Trinajstić information content (AvgIpc) is 2.99. The number of piperidine rings is 1. The van der Waals surface area contributed by atoms with Gasteiger partial charge in [-0.05, 0) is 31.5 Å². The number of pyridine rings is 1. The summed E-state index contributed by atoms with van der Waals surface area (Å²) in [4.78, 5) is 9.02. The third kappa shape index (κ3) is 3.00. The fourth-order valence-electron chi connectivity index (χ4n) is 2.91. The number of rotatable bonds is 3. The molecular formula is C16H17ClN6. The van der Waals surface area contributed by atoms with Gasteiger partial charge in [0.1, 0.15) is 5.82 Å². The van der Waals surface area contributed by atoms with E-state index in [1.807, 2.05) is 12.1 Å². The lowest BCUT2D eigenvalue weighted by atomic mass is 10.1. The lowest BCUT2D eigenvalue weighted by Gasteiger charge is -2.24. The first-order valence-electron chi connectivity index (χ1n) is 7.72. The Morgan fingerprint density at radius 1 is 1.26 bits per heavy atom. The molecule has 2 N–H and O–H groups in total. The molecule has 23 heavy (non-hydrogen) atoms. The van der Waals surface area contributed by atoms with Crippen LogP contribution in [0.25, 0.3) is 16.8 Å². The number of anilines is 1. The highest BCUT2D eigenvalue weighted by Gasteiger charge is 2.14. The van der Waals surface area contributed by atoms with E-state index >= 15 is 0 Å². The second-order valence-electron chi connectivity index (χ2n) is 5.71. The SMILES string of the molecule is Clc1ccc2c(-c3cncc(N[C@@H]4CCCNC4)n3)cnn2c1. The summed E-state index contributed by atoms with van der Waals surface area (Å²) in [6.07, 6.45) is 9.43. The lowest BCUT2D eigenvalue weighted by Crippen LogP contribution is -2.38. The summed E-state index contributed by atoms with van der Waals surface area (Å²) in [7, 11) is 0. The molecule has 0 bridgehead atoms. The molecule has 1 aliphatic rings. The highest BCUT2D eigenvalue weighted by Crippen LogP contribution is 2.24. The Bertz CT molecular complexity index is 824. The van der Waals surface area contributed by atoms with E-state index in [0.29, 0.717) is 11.1 Å². The normalized spacial score (nSPS) is 18.2. The summed E-state index contributed by atoms with van der Waals surface area (Å²) < 4.78 is 1.75. The van der Waals surface area contributed by atoms with Crippen LogP contribution in [-0.2, 0) is 0 Å². The molecule has 7 heteroatoms. The van der Waals surface area contributed by atoms with E-state index in [1.165, 1.54) is 6.42 Å². The van der Waals surface area contributed by atoms with Gasteiger partial charge in [-0.15, -0.1) is 0 Å². The maximum atomic E-state index is 6.00. The Morgan fingerprint density at radius 3 is 3.09 bits per heavy atom. The highest BCUT2D eigenvalue weighted by atomic mass is 35.5. The van der Waals surface area contributed by atoms with Crippen molar-refractivity contribution in [1.29, 1.82) is 0 Å². The Morgan fingerprint density at radius 2 is 2.22 bits per heavy atom. The van der Waals surface area contributed by atoms with E-state index in [0.717, 1.165) is 42.1 Å². The third-order valence-electron chi connectivity index (χ3n) is 4.04. The fourth-order valence-corrected chi connectivity index (χ4v) is 3.06. The third-order valence-corrected chi connectivity index (χ3v) is 4.26. The quantitative estimate of drug-likeness (QED) is 0.773. The van der Waals surface area contributed by atoms with Crippen LogP contribution in [0, 0.1) is 0 Å². The smallest absolute Gasteiger partial charge is 0.145 e. The summed E-state index contributed by atoms with van der Waals surface area (Å²) in [5.74, 6) is 0.796. The Hall–Kier alpha value is -2.18. The van der Waals surface area contributed by atoms with Crippen molar-refractivity contribution in [2.75, 3.05) is 18.4 Å². The van der Waals surface area contributed by atoms with Gasteiger partial charge in [0.15, 0.2) is 0 Å². The largest absolute Gasteiger partial charge is 0.365 e. The molecular weight excluding hydrogens is 312 g/mol. The van der Waals surface area contributed by atoms with Gasteiger partial charge in [0.25, 0.3) is 0 Å². The molecule has 0 aromatic carbocycles. The number of hydrogen-bond donors (Lipinski definition) is 2. The van der Waals surface area contributed by atoms with E-state index < -0.39 is 0 Å². The molecule has 4 heterocycles. The summed E-state index contributed by atoms with van der Waals surface area (Å²) in [6.45, 7) is 2.05. The number of nitrogens with one attached hydrogen (secondary N) is 2. The summed E-state index contributed by atoms with van der Waals surface area (Å²) in [5, 5.41) is 11.8. The van der Waals surface area contributed by atoms with Gasteiger partial charge in [-0.2, -0.15) is 5.10 Å². The summed E-state index contributed by atoms with van der Waals surface area (Å²) in [5.41, 5.74) is 2.70. The van der Waals surface area contributed by atoms with Crippen molar-refractivity contribution in [2.24, 2.45) is 0 Å². The van der Waals surface area contributed by atoms with Crippen LogP contribution in [0.15, 0.2) is 36.9 Å². The molecule has 1 fully saturated rings. The molecule has 1 atom stereocenters. The number of fused-ring (bicyclic) bond motifs is 1. The zero-order valence-corrected chi connectivity index (χ0v) is 13.3. The van der Waals surface area contributed by atoms with Crippen molar-refractivity contribution in [3.63, 3.8) is 0 Å². The van der Waals surface area contributed by atoms with Gasteiger partial charge in [-0.25, -0.2) is 9.50 Å². The van der Waals surface area contributed by atoms with Gasteiger partial charge >= 0.3 is 0 Å². The van der Waals surface area contributed by atoms with Crippen LogP contribution in [0.1, 0.15) is 12.8 Å². The average molecular weight is 329 g/mol. The van der Waals surface area contributed by atoms with E-state index in [2.05, 4.69) is 20.7 Å². The van der Waals surface area contributed by atoms with Crippen LogP contribution in [0.4, 0.5) is 5.82 Å². The van der Waals surface area contributed by atoms with Crippen LogP contribution in [-0.4, -0.2) is 38.7 Å². The lowest BCUT2D eigenvalue weighted by molar-refractivity contribution is 0.479. The Kier molecular flexibility index (Phi) is 3.85. The minimum atomic E-state index is 0.399. The summed E-state index contributed by atoms with van der Waals surface area (Å²) >= 11 is 6.00. The molecule has 0 unspecified atom stereocenters. The van der Waals surface area contributed by atoms with Gasteiger partial charge in [0.05, 0.1) is 34.8 Å². The molecule has 0 amide bonds. The predicted octanol–water partition coefficient (Wildman–Crippen LogP) is 2.61. The van der Waals surface area contributed by atoms with Gasteiger partial charge in [-0.3, -0.25) is 4.98 Å². The first-order chi connectivity index (χ1) is 11.3. The van der Waals surface area contributed by atoms with Gasteiger partial charge in [-0.1, -0.05) is 11.6 Å². The zero-order valence-electron chi connectivity index (χ0n) is 12.5. The Balaban J connectivity index is 1.64. The number of hydrogen-bond acceptors (Lipinski definition) is 5. The molecule has 1 saturated heterocycles. The van der Waals surface area contributed by atoms with Crippen LogP contribution in [0.2, 0.25) is 5.02 Å². The number of nitrogens with zero attached hydrogens (tertiary/aromatic N) is 4. The van der Waals surface area contributed by atoms with Crippen molar-refractivity contribution in [1.82, 2.24) is 24.9 Å². The molecule has 6 nitrogen and oxygen atoms in total. The van der Waals surface area contributed by atoms with E-state index in [1.54, 1.807) is 29.3 Å². The predicted molar refractivity (Wildman–Crippen MR) is 90.7 cm³/mol. The van der Waals surface area contributed by atoms with Gasteiger partial charge in [0, 0.05) is 24.3 Å². The highest BCUT2D eigenvalue weighted by molar-refractivity contribution is 6.30. The molecule has 0 spiro atoms. The molecule has 0 radical (unpaired) electrons. The molecule has 118 valence electrons. The minimum Gasteiger partial charge on any atom is -0.365 e. The van der Waals surface area contributed by atoms with Gasteiger partial charge in [0.2, 0.25) is 0 Å². The van der Waals surface area contributed by atoms with E-state index in [4.69, 9.17) is 16.6 Å². The second kappa shape index (κ2) is 6.14. The number of aromatic nitrogens is 4. The second-order valence-corrected chi connectivity index (χ2v) is 6.15. The van der Waals surface area contributed by atoms with Crippen LogP contribution in [0.3, 0.4) is 0 Å². The Labute approximate surface area is 138 Å². The van der Waals surface area contributed by atoms with Crippen molar-refractivity contribution >= 4 is 22.9 Å². The van der Waals surface area contributed by atoms with E-state index in [9.17, 15) is 0 Å². The summed E-state index contributed by atoms with van der Waals surface area (Å²) in [6, 6.07) is 4.19. The molecule has 0 saturated carbocycles. The molecule has 0 aliphatic carbocycles. The topological polar surface area (TPSA) is 67.1 Å². The van der Waals surface area contributed by atoms with Gasteiger partial charge < -0.3 is 10.6 Å². The van der Waals surface area contributed by atoms with Crippen LogP contribution < -0.4 is 10.6 Å². The van der Waals surface area contributed by atoms with Crippen molar-refractivity contribution < 1.29 is 0 Å². The van der Waals surface area contributed by atoms with E-state index in [-0.39, 0.29) is 0 Å². The maximum absolute atomic E-state index is 6.00. The van der Waals surface area contributed by atoms with Crippen molar-refractivity contribution in [3.8, 4) is 11.3 Å². The maximum Gasteiger partial charge on any atom is 0.145 e. The molecule has 4 rings (SSSR count). The minimum absolute atomic E-state index is 0.399. The first kappa shape index (κ1) is 14.4. The molecule has 1 aliphatic heterocycles. The molecule has 3 aromatic heterocycles.